The van der Waals surface area contributed by atoms with E-state index in [9.17, 15) is 4.79 Å². The molecule has 0 bridgehead atoms. The number of urea groups is 1. The number of halogens is 2. The molecular weight excluding hydrogens is 285 g/mol. The fourth-order valence-electron chi connectivity index (χ4n) is 2.17. The molecule has 1 heterocycles. The number of hydrogen-bond donors (Lipinski definition) is 3. The SMILES string of the molecule is CC1(NC(=O)Nc2cc(Cl)cc(Cl)c2)CCNCC1. The quantitative estimate of drug-likeness (QED) is 0.785. The minimum absolute atomic E-state index is 0.169. The Bertz CT molecular complexity index is 453. The molecule has 0 aromatic heterocycles. The summed E-state index contributed by atoms with van der Waals surface area (Å²) in [6.07, 6.45) is 1.83. The Morgan fingerprint density at radius 2 is 1.79 bits per heavy atom. The Labute approximate surface area is 122 Å². The van der Waals surface area contributed by atoms with E-state index in [4.69, 9.17) is 23.2 Å². The first-order valence-electron chi connectivity index (χ1n) is 6.23. The molecule has 4 nitrogen and oxygen atoms in total. The largest absolute Gasteiger partial charge is 0.333 e. The molecule has 0 unspecified atom stereocenters. The normalized spacial score (nSPS) is 17.8. The number of hydrogen-bond acceptors (Lipinski definition) is 2. The van der Waals surface area contributed by atoms with Gasteiger partial charge in [0.25, 0.3) is 0 Å². The zero-order chi connectivity index (χ0) is 13.9. The van der Waals surface area contributed by atoms with Crippen LogP contribution in [-0.4, -0.2) is 24.7 Å². The molecule has 1 saturated heterocycles. The van der Waals surface area contributed by atoms with Gasteiger partial charge in [-0.2, -0.15) is 0 Å². The topological polar surface area (TPSA) is 53.2 Å². The smallest absolute Gasteiger partial charge is 0.319 e. The van der Waals surface area contributed by atoms with Crippen LogP contribution < -0.4 is 16.0 Å². The molecule has 104 valence electrons. The average Bonchev–Trinajstić information content (AvgIpc) is 2.27. The van der Waals surface area contributed by atoms with Crippen molar-refractivity contribution in [1.29, 1.82) is 0 Å². The van der Waals surface area contributed by atoms with Crippen LogP contribution in [0.25, 0.3) is 0 Å². The van der Waals surface area contributed by atoms with Crippen LogP contribution in [0.2, 0.25) is 10.0 Å². The predicted octanol–water partition coefficient (Wildman–Crippen LogP) is 3.26. The van der Waals surface area contributed by atoms with Crippen molar-refractivity contribution in [1.82, 2.24) is 10.6 Å². The van der Waals surface area contributed by atoms with Gasteiger partial charge >= 0.3 is 6.03 Å². The zero-order valence-corrected chi connectivity index (χ0v) is 12.2. The van der Waals surface area contributed by atoms with E-state index in [1.54, 1.807) is 18.2 Å². The van der Waals surface area contributed by atoms with E-state index >= 15 is 0 Å². The van der Waals surface area contributed by atoms with Gasteiger partial charge in [0, 0.05) is 21.3 Å². The first-order valence-corrected chi connectivity index (χ1v) is 6.98. The molecule has 1 aliphatic rings. The molecule has 0 spiro atoms. The Kier molecular flexibility index (Phi) is 4.55. The number of piperidine rings is 1. The predicted molar refractivity (Wildman–Crippen MR) is 79.1 cm³/mol. The van der Waals surface area contributed by atoms with E-state index in [1.165, 1.54) is 0 Å². The molecule has 2 rings (SSSR count). The molecular formula is C13H17Cl2N3O. The van der Waals surface area contributed by atoms with E-state index in [1.807, 2.05) is 0 Å². The fourth-order valence-corrected chi connectivity index (χ4v) is 2.69. The summed E-state index contributed by atoms with van der Waals surface area (Å²) in [6, 6.07) is 4.72. The molecule has 19 heavy (non-hydrogen) atoms. The minimum Gasteiger partial charge on any atom is -0.333 e. The summed E-state index contributed by atoms with van der Waals surface area (Å²) in [4.78, 5) is 12.0. The molecule has 0 saturated carbocycles. The third-order valence-corrected chi connectivity index (χ3v) is 3.68. The van der Waals surface area contributed by atoms with Crippen LogP contribution >= 0.6 is 23.2 Å². The highest BCUT2D eigenvalue weighted by Gasteiger charge is 2.28. The van der Waals surface area contributed by atoms with Gasteiger partial charge in [0.05, 0.1) is 0 Å². The molecule has 3 N–H and O–H groups in total. The lowest BCUT2D eigenvalue weighted by molar-refractivity contribution is 0.225. The Hall–Kier alpha value is -0.970. The summed E-state index contributed by atoms with van der Waals surface area (Å²) < 4.78 is 0. The highest BCUT2D eigenvalue weighted by atomic mass is 35.5. The summed E-state index contributed by atoms with van der Waals surface area (Å²) in [5.41, 5.74) is 0.421. The van der Waals surface area contributed by atoms with Crippen LogP contribution in [0.4, 0.5) is 10.5 Å². The number of carbonyl (C=O) groups excluding carboxylic acids is 1. The third-order valence-electron chi connectivity index (χ3n) is 3.24. The third kappa shape index (κ3) is 4.27. The van der Waals surface area contributed by atoms with Gasteiger partial charge in [-0.1, -0.05) is 23.2 Å². The van der Waals surface area contributed by atoms with Gasteiger partial charge in [0.15, 0.2) is 0 Å². The van der Waals surface area contributed by atoms with Crippen LogP contribution in [0.5, 0.6) is 0 Å². The number of nitrogens with one attached hydrogen (secondary N) is 3. The van der Waals surface area contributed by atoms with Gasteiger partial charge in [-0.3, -0.25) is 0 Å². The first-order chi connectivity index (χ1) is 8.97. The number of benzene rings is 1. The number of carbonyl (C=O) groups is 1. The molecule has 0 aliphatic carbocycles. The van der Waals surface area contributed by atoms with Crippen LogP contribution in [0.1, 0.15) is 19.8 Å². The van der Waals surface area contributed by atoms with Gasteiger partial charge < -0.3 is 16.0 Å². The van der Waals surface area contributed by atoms with E-state index in [0.717, 1.165) is 25.9 Å². The number of rotatable bonds is 2. The van der Waals surface area contributed by atoms with Crippen molar-refractivity contribution >= 4 is 34.9 Å². The molecule has 0 radical (unpaired) electrons. The maximum Gasteiger partial charge on any atom is 0.319 e. The lowest BCUT2D eigenvalue weighted by Gasteiger charge is -2.34. The Morgan fingerprint density at radius 1 is 1.21 bits per heavy atom. The van der Waals surface area contributed by atoms with E-state index in [2.05, 4.69) is 22.9 Å². The van der Waals surface area contributed by atoms with Gasteiger partial charge in [-0.05, 0) is 51.1 Å². The second-order valence-corrected chi connectivity index (χ2v) is 5.92. The molecule has 1 aromatic rings. The molecule has 0 atom stereocenters. The van der Waals surface area contributed by atoms with Crippen molar-refractivity contribution in [3.05, 3.63) is 28.2 Å². The van der Waals surface area contributed by atoms with Gasteiger partial charge in [0.2, 0.25) is 0 Å². The first kappa shape index (κ1) is 14.4. The highest BCUT2D eigenvalue weighted by Crippen LogP contribution is 2.23. The second-order valence-electron chi connectivity index (χ2n) is 5.05. The number of amides is 2. The summed E-state index contributed by atoms with van der Waals surface area (Å²) in [5, 5.41) is 10.0. The lowest BCUT2D eigenvalue weighted by atomic mass is 9.91. The lowest BCUT2D eigenvalue weighted by Crippen LogP contribution is -2.53. The maximum atomic E-state index is 12.0. The molecule has 1 fully saturated rings. The molecule has 6 heteroatoms. The van der Waals surface area contributed by atoms with E-state index in [0.29, 0.717) is 15.7 Å². The molecule has 2 amide bonds. The van der Waals surface area contributed by atoms with Crippen LogP contribution in [-0.2, 0) is 0 Å². The van der Waals surface area contributed by atoms with Crippen LogP contribution in [0.3, 0.4) is 0 Å². The monoisotopic (exact) mass is 301 g/mol. The van der Waals surface area contributed by atoms with Crippen molar-refractivity contribution in [3.63, 3.8) is 0 Å². The fraction of sp³-hybridized carbons (Fsp3) is 0.462. The van der Waals surface area contributed by atoms with Gasteiger partial charge in [-0.25, -0.2) is 4.79 Å². The summed E-state index contributed by atoms with van der Waals surface area (Å²) in [5.74, 6) is 0. The average molecular weight is 302 g/mol. The Balaban J connectivity index is 1.97. The van der Waals surface area contributed by atoms with Crippen molar-refractivity contribution in [2.75, 3.05) is 18.4 Å². The zero-order valence-electron chi connectivity index (χ0n) is 10.7. The maximum absolute atomic E-state index is 12.0. The van der Waals surface area contributed by atoms with Crippen LogP contribution in [0.15, 0.2) is 18.2 Å². The van der Waals surface area contributed by atoms with E-state index in [-0.39, 0.29) is 11.6 Å². The van der Waals surface area contributed by atoms with Gasteiger partial charge in [0.1, 0.15) is 0 Å². The molecule has 1 aromatic carbocycles. The van der Waals surface area contributed by atoms with Crippen molar-refractivity contribution in [2.24, 2.45) is 0 Å². The molecule has 1 aliphatic heterocycles. The summed E-state index contributed by atoms with van der Waals surface area (Å²) in [6.45, 7) is 3.89. The van der Waals surface area contributed by atoms with Crippen molar-refractivity contribution in [2.45, 2.75) is 25.3 Å². The van der Waals surface area contributed by atoms with E-state index < -0.39 is 0 Å². The Morgan fingerprint density at radius 3 is 2.37 bits per heavy atom. The van der Waals surface area contributed by atoms with Gasteiger partial charge in [-0.15, -0.1) is 0 Å². The van der Waals surface area contributed by atoms with Crippen molar-refractivity contribution < 1.29 is 4.79 Å². The van der Waals surface area contributed by atoms with Crippen LogP contribution in [0, 0.1) is 0 Å². The number of anilines is 1. The summed E-state index contributed by atoms with van der Waals surface area (Å²) >= 11 is 11.8. The minimum atomic E-state index is -0.234. The standard InChI is InChI=1S/C13H17Cl2N3O/c1-13(2-4-16-5-3-13)18-12(19)17-11-7-9(14)6-10(15)8-11/h6-8,16H,2-5H2,1H3,(H2,17,18,19). The summed E-state index contributed by atoms with van der Waals surface area (Å²) in [7, 11) is 0. The van der Waals surface area contributed by atoms with Crippen molar-refractivity contribution in [3.8, 4) is 0 Å². The highest BCUT2D eigenvalue weighted by molar-refractivity contribution is 6.35. The second kappa shape index (κ2) is 5.99.